The summed E-state index contributed by atoms with van der Waals surface area (Å²) in [6.07, 6.45) is 1.56. The Labute approximate surface area is 207 Å². The van der Waals surface area contributed by atoms with E-state index in [-0.39, 0.29) is 24.0 Å². The van der Waals surface area contributed by atoms with Crippen molar-refractivity contribution < 1.29 is 17.9 Å². The molecule has 0 spiro atoms. The van der Waals surface area contributed by atoms with E-state index in [0.717, 1.165) is 18.4 Å². The van der Waals surface area contributed by atoms with Crippen molar-refractivity contribution in [1.82, 2.24) is 9.62 Å². The molecule has 0 aliphatic carbocycles. The Morgan fingerprint density at radius 3 is 2.38 bits per heavy atom. The lowest BCUT2D eigenvalue weighted by molar-refractivity contribution is 0.273. The molecule has 8 nitrogen and oxygen atoms in total. The fourth-order valence-electron chi connectivity index (χ4n) is 3.56. The number of rotatable bonds is 8. The number of sulfonamides is 1. The number of aliphatic imine (C=N–C) groups is 1. The van der Waals surface area contributed by atoms with Crippen LogP contribution in [0.3, 0.4) is 0 Å². The van der Waals surface area contributed by atoms with Crippen LogP contribution in [0.4, 0.5) is 0 Å². The first-order chi connectivity index (χ1) is 14.9. The Balaban J connectivity index is 0.00000363. The molecular weight excluding hydrogens is 543 g/mol. The van der Waals surface area contributed by atoms with Gasteiger partial charge in [-0.2, -0.15) is 4.31 Å². The van der Waals surface area contributed by atoms with Gasteiger partial charge in [0.1, 0.15) is 0 Å². The van der Waals surface area contributed by atoms with Gasteiger partial charge in [0.25, 0.3) is 0 Å². The van der Waals surface area contributed by atoms with Crippen LogP contribution in [0, 0.1) is 5.92 Å². The number of guanidine groups is 1. The van der Waals surface area contributed by atoms with Crippen LogP contribution in [-0.4, -0.2) is 52.5 Å². The van der Waals surface area contributed by atoms with Gasteiger partial charge < -0.3 is 20.5 Å². The summed E-state index contributed by atoms with van der Waals surface area (Å²) in [5.74, 6) is 2.03. The Bertz CT molecular complexity index is 994. The van der Waals surface area contributed by atoms with E-state index < -0.39 is 10.0 Å². The van der Waals surface area contributed by atoms with E-state index in [2.05, 4.69) is 10.3 Å². The molecule has 1 saturated heterocycles. The van der Waals surface area contributed by atoms with Crippen molar-refractivity contribution in [3.8, 4) is 11.5 Å². The Morgan fingerprint density at radius 1 is 1.09 bits per heavy atom. The summed E-state index contributed by atoms with van der Waals surface area (Å²) in [4.78, 5) is 4.73. The van der Waals surface area contributed by atoms with E-state index in [1.54, 1.807) is 42.8 Å². The molecule has 3 rings (SSSR count). The third-order valence-electron chi connectivity index (χ3n) is 5.41. The summed E-state index contributed by atoms with van der Waals surface area (Å²) in [5.41, 5.74) is 6.97. The predicted octanol–water partition coefficient (Wildman–Crippen LogP) is 2.83. The van der Waals surface area contributed by atoms with Gasteiger partial charge in [-0.1, -0.05) is 24.3 Å². The van der Waals surface area contributed by atoms with Crippen molar-refractivity contribution in [2.45, 2.75) is 24.3 Å². The number of piperidine rings is 1. The molecule has 0 atom stereocenters. The molecule has 0 radical (unpaired) electrons. The van der Waals surface area contributed by atoms with Gasteiger partial charge in [-0.3, -0.25) is 0 Å². The molecular formula is C22H31IN4O4S. The van der Waals surface area contributed by atoms with Gasteiger partial charge in [0.05, 0.1) is 25.7 Å². The molecule has 1 aliphatic heterocycles. The molecule has 0 aromatic heterocycles. The van der Waals surface area contributed by atoms with Crippen LogP contribution < -0.4 is 20.5 Å². The molecule has 2 aromatic carbocycles. The summed E-state index contributed by atoms with van der Waals surface area (Å²) in [6.45, 7) is 2.10. The zero-order valence-electron chi connectivity index (χ0n) is 18.4. The molecule has 0 amide bonds. The lowest BCUT2D eigenvalue weighted by Crippen LogP contribution is -2.42. The Hall–Kier alpha value is -2.05. The fourth-order valence-corrected chi connectivity index (χ4v) is 5.05. The van der Waals surface area contributed by atoms with Crippen LogP contribution in [0.1, 0.15) is 18.4 Å². The second kappa shape index (κ2) is 12.3. The molecule has 2 aromatic rings. The molecule has 176 valence electrons. The van der Waals surface area contributed by atoms with Gasteiger partial charge in [0.15, 0.2) is 17.5 Å². The topological polar surface area (TPSA) is 106 Å². The van der Waals surface area contributed by atoms with Crippen molar-refractivity contribution >= 4 is 40.0 Å². The van der Waals surface area contributed by atoms with Gasteiger partial charge in [-0.15, -0.1) is 24.0 Å². The maximum absolute atomic E-state index is 12.7. The molecule has 1 aliphatic rings. The van der Waals surface area contributed by atoms with Crippen molar-refractivity contribution in [2.75, 3.05) is 33.9 Å². The molecule has 1 fully saturated rings. The lowest BCUT2D eigenvalue weighted by Gasteiger charge is -2.31. The zero-order chi connectivity index (χ0) is 22.3. The van der Waals surface area contributed by atoms with Crippen LogP contribution >= 0.6 is 24.0 Å². The average Bonchev–Trinajstić information content (AvgIpc) is 2.82. The molecule has 10 heteroatoms. The van der Waals surface area contributed by atoms with E-state index in [1.807, 2.05) is 24.3 Å². The van der Waals surface area contributed by atoms with E-state index in [0.29, 0.717) is 54.5 Å². The van der Waals surface area contributed by atoms with Gasteiger partial charge in [0, 0.05) is 19.6 Å². The van der Waals surface area contributed by atoms with Crippen LogP contribution in [0.15, 0.2) is 58.4 Å². The minimum absolute atomic E-state index is 0. The number of halogens is 1. The van der Waals surface area contributed by atoms with Crippen molar-refractivity contribution in [3.63, 3.8) is 0 Å². The summed E-state index contributed by atoms with van der Waals surface area (Å²) in [5, 5.41) is 3.16. The SMILES string of the molecule is COc1ccc(CN=C(N)NCC2CCN(S(=O)(=O)c3ccccc3)CC2)cc1OC.I. The molecule has 3 N–H and O–H groups in total. The zero-order valence-corrected chi connectivity index (χ0v) is 21.5. The fraction of sp³-hybridized carbons (Fsp3) is 0.409. The maximum Gasteiger partial charge on any atom is 0.243 e. The first-order valence-electron chi connectivity index (χ1n) is 10.2. The van der Waals surface area contributed by atoms with Crippen molar-refractivity contribution in [1.29, 1.82) is 0 Å². The highest BCUT2D eigenvalue weighted by Gasteiger charge is 2.29. The largest absolute Gasteiger partial charge is 0.493 e. The first-order valence-corrected chi connectivity index (χ1v) is 11.7. The first kappa shape index (κ1) is 26.2. The second-order valence-corrected chi connectivity index (χ2v) is 9.37. The number of nitrogens with one attached hydrogen (secondary N) is 1. The molecule has 0 saturated carbocycles. The summed E-state index contributed by atoms with van der Waals surface area (Å²) in [7, 11) is -0.231. The quantitative estimate of drug-likeness (QED) is 0.286. The Morgan fingerprint density at radius 2 is 1.75 bits per heavy atom. The number of ether oxygens (including phenoxy) is 2. The van der Waals surface area contributed by atoms with Gasteiger partial charge in [0.2, 0.25) is 10.0 Å². The smallest absolute Gasteiger partial charge is 0.243 e. The van der Waals surface area contributed by atoms with Gasteiger partial charge in [-0.05, 0) is 48.6 Å². The highest BCUT2D eigenvalue weighted by molar-refractivity contribution is 14.0. The maximum atomic E-state index is 12.7. The Kier molecular flexibility index (Phi) is 10.0. The van der Waals surface area contributed by atoms with E-state index in [9.17, 15) is 8.42 Å². The predicted molar refractivity (Wildman–Crippen MR) is 136 cm³/mol. The second-order valence-electron chi connectivity index (χ2n) is 7.43. The van der Waals surface area contributed by atoms with E-state index >= 15 is 0 Å². The number of methoxy groups -OCH3 is 2. The summed E-state index contributed by atoms with van der Waals surface area (Å²) >= 11 is 0. The minimum atomic E-state index is -3.42. The van der Waals surface area contributed by atoms with Crippen LogP contribution in [0.5, 0.6) is 11.5 Å². The summed E-state index contributed by atoms with van der Waals surface area (Å²) < 4.78 is 37.5. The monoisotopic (exact) mass is 574 g/mol. The van der Waals surface area contributed by atoms with Crippen LogP contribution in [0.25, 0.3) is 0 Å². The van der Waals surface area contributed by atoms with Crippen LogP contribution in [-0.2, 0) is 16.6 Å². The number of hydrogen-bond donors (Lipinski definition) is 2. The molecule has 0 bridgehead atoms. The number of nitrogens with two attached hydrogens (primary N) is 1. The molecule has 0 unspecified atom stereocenters. The van der Waals surface area contributed by atoms with Crippen LogP contribution in [0.2, 0.25) is 0 Å². The van der Waals surface area contributed by atoms with Gasteiger partial charge in [-0.25, -0.2) is 13.4 Å². The number of benzene rings is 2. The molecule has 32 heavy (non-hydrogen) atoms. The average molecular weight is 574 g/mol. The standard InChI is InChI=1S/C22H30N4O4S.HI/c1-29-20-9-8-18(14-21(20)30-2)16-25-22(23)24-15-17-10-12-26(13-11-17)31(27,28)19-6-4-3-5-7-19;/h3-9,14,17H,10-13,15-16H2,1-2H3,(H3,23,24,25);1H. The number of nitrogens with zero attached hydrogens (tertiary/aromatic N) is 2. The van der Waals surface area contributed by atoms with Crippen molar-refractivity contribution in [2.24, 2.45) is 16.6 Å². The summed E-state index contributed by atoms with van der Waals surface area (Å²) in [6, 6.07) is 14.2. The minimum Gasteiger partial charge on any atom is -0.493 e. The van der Waals surface area contributed by atoms with Gasteiger partial charge >= 0.3 is 0 Å². The van der Waals surface area contributed by atoms with E-state index in [1.165, 1.54) is 0 Å². The normalized spacial score (nSPS) is 15.6. The molecule has 1 heterocycles. The third kappa shape index (κ3) is 6.72. The van der Waals surface area contributed by atoms with E-state index in [4.69, 9.17) is 15.2 Å². The highest BCUT2D eigenvalue weighted by atomic mass is 127. The third-order valence-corrected chi connectivity index (χ3v) is 7.32. The lowest BCUT2D eigenvalue weighted by atomic mass is 9.98. The number of hydrogen-bond acceptors (Lipinski definition) is 5. The highest BCUT2D eigenvalue weighted by Crippen LogP contribution is 2.28. The van der Waals surface area contributed by atoms with Crippen molar-refractivity contribution in [3.05, 3.63) is 54.1 Å².